The van der Waals surface area contributed by atoms with E-state index >= 15 is 0 Å². The lowest BCUT2D eigenvalue weighted by molar-refractivity contribution is -0.194. The van der Waals surface area contributed by atoms with Crippen LogP contribution in [0.25, 0.3) is 0 Å². The Morgan fingerprint density at radius 3 is 0.786 bits per heavy atom. The summed E-state index contributed by atoms with van der Waals surface area (Å²) in [5, 5.41) is 0. The van der Waals surface area contributed by atoms with Crippen molar-refractivity contribution < 1.29 is 0 Å². The molecule has 0 amide bonds. The summed E-state index contributed by atoms with van der Waals surface area (Å²) in [7, 11) is 0. The predicted octanol–water partition coefficient (Wildman–Crippen LogP) is -1.88. The molecule has 4 heterocycles. The topological polar surface area (TPSA) is 135 Å². The van der Waals surface area contributed by atoms with E-state index in [1.807, 2.05) is 0 Å². The van der Waals surface area contributed by atoms with Crippen molar-refractivity contribution in [3.63, 3.8) is 0 Å². The summed E-state index contributed by atoms with van der Waals surface area (Å²) >= 11 is 0. The fourth-order valence-electron chi connectivity index (χ4n) is 2.23. The molecule has 10 N–H and O–H groups in total. The Bertz CT molecular complexity index is 105. The molecule has 4 aliphatic heterocycles. The van der Waals surface area contributed by atoms with Crippen LogP contribution in [0.15, 0.2) is 0 Å². The van der Waals surface area contributed by atoms with Crippen molar-refractivity contribution in [2.24, 2.45) is 11.7 Å². The van der Waals surface area contributed by atoms with Gasteiger partial charge in [-0.2, -0.15) is 0 Å². The van der Waals surface area contributed by atoms with Crippen LogP contribution in [0.4, 0.5) is 0 Å². The zero-order valence-corrected chi connectivity index (χ0v) is 8.60. The number of nitrogens with zero attached hydrogens (tertiary/aromatic N) is 4. The van der Waals surface area contributed by atoms with Crippen LogP contribution in [0.5, 0.6) is 0 Å². The molecule has 4 saturated heterocycles. The lowest BCUT2D eigenvalue weighted by atomic mass is 10.4. The average Bonchev–Trinajstić information content (AvgIpc) is 2.05. The van der Waals surface area contributed by atoms with Gasteiger partial charge in [-0.25, -0.2) is 0 Å². The van der Waals surface area contributed by atoms with E-state index in [9.17, 15) is 0 Å². The fourth-order valence-corrected chi connectivity index (χ4v) is 2.23. The summed E-state index contributed by atoms with van der Waals surface area (Å²) in [4.78, 5) is 9.88. The molecule has 4 bridgehead atoms. The Morgan fingerprint density at radius 1 is 0.500 bits per heavy atom. The first-order valence-corrected chi connectivity index (χ1v) is 4.13. The summed E-state index contributed by atoms with van der Waals surface area (Å²) in [6.07, 6.45) is 0. The molecular weight excluding hydrogens is 184 g/mol. The highest BCUT2D eigenvalue weighted by Crippen LogP contribution is 2.20. The molecule has 14 heavy (non-hydrogen) atoms. The Kier molecular flexibility index (Phi) is 5.41. The van der Waals surface area contributed by atoms with Crippen molar-refractivity contribution in [1.29, 1.82) is 0 Å². The van der Waals surface area contributed by atoms with E-state index in [4.69, 9.17) is 0 Å². The van der Waals surface area contributed by atoms with Crippen LogP contribution in [0.3, 0.4) is 0 Å². The molecule has 0 aromatic heterocycles. The van der Waals surface area contributed by atoms with Gasteiger partial charge in [-0.15, -0.1) is 0 Å². The van der Waals surface area contributed by atoms with Crippen LogP contribution in [0, 0.1) is 0 Å². The Morgan fingerprint density at radius 2 is 0.643 bits per heavy atom. The maximum Gasteiger partial charge on any atom is 0.0555 e. The zero-order valence-electron chi connectivity index (χ0n) is 8.60. The second-order valence-corrected chi connectivity index (χ2v) is 3.53. The highest BCUT2D eigenvalue weighted by molar-refractivity contribution is 4.79. The van der Waals surface area contributed by atoms with Crippen molar-refractivity contribution in [3.05, 3.63) is 0 Å². The average molecular weight is 206 g/mol. The molecule has 8 nitrogen and oxygen atoms in total. The van der Waals surface area contributed by atoms with Gasteiger partial charge in [0.25, 0.3) is 0 Å². The molecule has 0 atom stereocenters. The molecular formula is C6H22N8. The first kappa shape index (κ1) is 13.7. The molecule has 4 aliphatic rings. The zero-order chi connectivity index (χ0) is 8.55. The maximum absolute atomic E-state index is 4.00. The van der Waals surface area contributed by atoms with E-state index in [0.717, 1.165) is 0 Å². The third kappa shape index (κ3) is 2.38. The molecule has 8 heteroatoms. The normalized spacial score (nSPS) is 41.6. The third-order valence-corrected chi connectivity index (χ3v) is 2.40. The van der Waals surface area contributed by atoms with E-state index in [1.165, 1.54) is 40.0 Å². The van der Waals surface area contributed by atoms with Crippen LogP contribution in [0.1, 0.15) is 0 Å². The molecule has 0 radical (unpaired) electrons. The lowest BCUT2D eigenvalue weighted by Crippen LogP contribution is -2.71. The van der Waals surface area contributed by atoms with Gasteiger partial charge in [-0.05, 0) is 0 Å². The van der Waals surface area contributed by atoms with Gasteiger partial charge < -0.3 is 12.3 Å². The van der Waals surface area contributed by atoms with Gasteiger partial charge >= 0.3 is 0 Å². The fraction of sp³-hybridized carbons (Fsp3) is 1.00. The van der Waals surface area contributed by atoms with Crippen LogP contribution >= 0.6 is 0 Å². The summed E-state index contributed by atoms with van der Waals surface area (Å²) in [6, 6.07) is 0. The standard InChI is InChI=1S/C6H12N4.H4N2.2H3N/c1-7-2-9-4-8(1)5-10(3-7)6-9;1-2;;/h1-6H2;1-2H2;2*1H3. The molecule has 0 aromatic rings. The molecule has 0 saturated carbocycles. The largest absolute Gasteiger partial charge is 0.344 e. The first-order chi connectivity index (χ1) is 5.90. The number of hydrazine groups is 1. The minimum absolute atomic E-state index is 0. The van der Waals surface area contributed by atoms with Crippen molar-refractivity contribution in [2.45, 2.75) is 0 Å². The highest BCUT2D eigenvalue weighted by Gasteiger charge is 2.36. The Balaban J connectivity index is 0.000000401. The van der Waals surface area contributed by atoms with Crippen molar-refractivity contribution >= 4 is 0 Å². The van der Waals surface area contributed by atoms with Gasteiger partial charge in [0.15, 0.2) is 0 Å². The molecule has 4 rings (SSSR count). The maximum atomic E-state index is 4.00. The van der Waals surface area contributed by atoms with Gasteiger partial charge in [-0.3, -0.25) is 31.3 Å². The Hall–Kier alpha value is -0.320. The molecule has 0 unspecified atom stereocenters. The summed E-state index contributed by atoms with van der Waals surface area (Å²) in [5.74, 6) is 8.00. The minimum Gasteiger partial charge on any atom is -0.344 e. The predicted molar refractivity (Wildman–Crippen MR) is 55.0 cm³/mol. The number of nitrogens with two attached hydrogens (primary N) is 2. The van der Waals surface area contributed by atoms with Crippen molar-refractivity contribution in [3.8, 4) is 0 Å². The smallest absolute Gasteiger partial charge is 0.0555 e. The van der Waals surface area contributed by atoms with E-state index < -0.39 is 0 Å². The van der Waals surface area contributed by atoms with Crippen LogP contribution in [-0.2, 0) is 0 Å². The van der Waals surface area contributed by atoms with E-state index in [0.29, 0.717) is 0 Å². The van der Waals surface area contributed by atoms with Gasteiger partial charge in [0.2, 0.25) is 0 Å². The van der Waals surface area contributed by atoms with E-state index in [-0.39, 0.29) is 12.3 Å². The molecule has 86 valence electrons. The quantitative estimate of drug-likeness (QED) is 0.267. The summed E-state index contributed by atoms with van der Waals surface area (Å²) in [5.41, 5.74) is 0. The van der Waals surface area contributed by atoms with Crippen LogP contribution in [0.2, 0.25) is 0 Å². The van der Waals surface area contributed by atoms with Gasteiger partial charge in [0.1, 0.15) is 0 Å². The van der Waals surface area contributed by atoms with E-state index in [2.05, 4.69) is 31.3 Å². The van der Waals surface area contributed by atoms with Gasteiger partial charge in [0, 0.05) is 0 Å². The minimum atomic E-state index is 0. The monoisotopic (exact) mass is 206 g/mol. The molecule has 0 aromatic carbocycles. The van der Waals surface area contributed by atoms with E-state index in [1.54, 1.807) is 0 Å². The summed E-state index contributed by atoms with van der Waals surface area (Å²) < 4.78 is 0. The van der Waals surface area contributed by atoms with Crippen LogP contribution in [-0.4, -0.2) is 59.6 Å². The van der Waals surface area contributed by atoms with Gasteiger partial charge in [0.05, 0.1) is 40.0 Å². The second kappa shape index (κ2) is 5.53. The number of hydrogen-bond acceptors (Lipinski definition) is 8. The second-order valence-electron chi connectivity index (χ2n) is 3.53. The lowest BCUT2D eigenvalue weighted by Gasteiger charge is -2.56. The van der Waals surface area contributed by atoms with Gasteiger partial charge in [-0.1, -0.05) is 0 Å². The first-order valence-electron chi connectivity index (χ1n) is 4.13. The number of hydrogen-bond donors (Lipinski definition) is 4. The summed E-state index contributed by atoms with van der Waals surface area (Å²) in [6.45, 7) is 7.12. The van der Waals surface area contributed by atoms with Crippen LogP contribution < -0.4 is 24.0 Å². The molecule has 0 spiro atoms. The molecule has 4 fully saturated rings. The third-order valence-electron chi connectivity index (χ3n) is 2.40. The highest BCUT2D eigenvalue weighted by atomic mass is 15.7. The van der Waals surface area contributed by atoms with Crippen molar-refractivity contribution in [1.82, 2.24) is 31.9 Å². The Labute approximate surface area is 84.5 Å². The molecule has 0 aliphatic carbocycles. The SMILES string of the molecule is C1N2CN3CN1CN(C2)C3.N.N.NN. The number of rotatable bonds is 0. The van der Waals surface area contributed by atoms with Crippen molar-refractivity contribution in [2.75, 3.05) is 40.0 Å².